The van der Waals surface area contributed by atoms with Crippen LogP contribution in [0.3, 0.4) is 0 Å². The Morgan fingerprint density at radius 1 is 1.41 bits per heavy atom. The average molecular weight is 302 g/mol. The summed E-state index contributed by atoms with van der Waals surface area (Å²) in [5, 5.41) is 2.80. The smallest absolute Gasteiger partial charge is 0.233 e. The van der Waals surface area contributed by atoms with Gasteiger partial charge in [-0.25, -0.2) is 0 Å². The van der Waals surface area contributed by atoms with Gasteiger partial charge in [0.15, 0.2) is 0 Å². The van der Waals surface area contributed by atoms with E-state index in [0.29, 0.717) is 12.3 Å². The van der Waals surface area contributed by atoms with Gasteiger partial charge in [0.2, 0.25) is 5.91 Å². The van der Waals surface area contributed by atoms with Gasteiger partial charge in [0.05, 0.1) is 19.0 Å². The number of hydrogen-bond acceptors (Lipinski definition) is 3. The second kappa shape index (κ2) is 6.49. The summed E-state index contributed by atoms with van der Waals surface area (Å²) in [6.07, 6.45) is 0. The average Bonchev–Trinajstić information content (AvgIpc) is 2.35. The highest BCUT2D eigenvalue weighted by molar-refractivity contribution is 9.10. The monoisotopic (exact) mass is 301 g/mol. The highest BCUT2D eigenvalue weighted by Gasteiger charge is 2.10. The normalized spacial score (nSPS) is 11.8. The molecule has 0 spiro atoms. The Hall–Kier alpha value is -1.23. The van der Waals surface area contributed by atoms with Crippen LogP contribution in [-0.2, 0) is 11.3 Å². The molecule has 0 aliphatic heterocycles. The molecule has 0 heterocycles. The van der Waals surface area contributed by atoms with Crippen molar-refractivity contribution in [2.24, 2.45) is 0 Å². The van der Waals surface area contributed by atoms with E-state index >= 15 is 0 Å². The van der Waals surface area contributed by atoms with Crippen LogP contribution in [0.1, 0.15) is 12.5 Å². The van der Waals surface area contributed by atoms with Crippen molar-refractivity contribution in [2.45, 2.75) is 18.3 Å². The fourth-order valence-corrected chi connectivity index (χ4v) is 1.48. The van der Waals surface area contributed by atoms with Gasteiger partial charge in [-0.15, -0.1) is 0 Å². The molecule has 17 heavy (non-hydrogen) atoms. The Balaban J connectivity index is 2.74. The molecule has 0 radical (unpaired) electrons. The maximum atomic E-state index is 11.4. The largest absolute Gasteiger partial charge is 0.497 e. The van der Waals surface area contributed by atoms with Crippen molar-refractivity contribution in [1.29, 1.82) is 0 Å². The van der Waals surface area contributed by atoms with Gasteiger partial charge in [-0.2, -0.15) is 0 Å². The van der Waals surface area contributed by atoms with Gasteiger partial charge in [0.25, 0.3) is 0 Å². The van der Waals surface area contributed by atoms with Gasteiger partial charge in [-0.05, 0) is 19.1 Å². The number of hydrogen-bond donors (Lipinski definition) is 1. The second-order valence-corrected chi connectivity index (χ2v) is 4.89. The molecular formula is C12H16BrNO3. The van der Waals surface area contributed by atoms with Crippen molar-refractivity contribution in [2.75, 3.05) is 14.2 Å². The number of nitrogens with one attached hydrogen (secondary N) is 1. The van der Waals surface area contributed by atoms with E-state index in [0.717, 1.165) is 11.3 Å². The summed E-state index contributed by atoms with van der Waals surface area (Å²) in [5.41, 5.74) is 0.912. The molecule has 0 fully saturated rings. The minimum Gasteiger partial charge on any atom is -0.497 e. The lowest BCUT2D eigenvalue weighted by atomic mass is 10.2. The van der Waals surface area contributed by atoms with E-state index < -0.39 is 0 Å². The molecule has 0 aliphatic rings. The van der Waals surface area contributed by atoms with E-state index in [-0.39, 0.29) is 10.7 Å². The predicted molar refractivity (Wildman–Crippen MR) is 69.8 cm³/mol. The van der Waals surface area contributed by atoms with Crippen LogP contribution in [0, 0.1) is 0 Å². The third-order valence-electron chi connectivity index (χ3n) is 2.31. The van der Waals surface area contributed by atoms with Crippen LogP contribution in [0.2, 0.25) is 0 Å². The zero-order valence-electron chi connectivity index (χ0n) is 10.1. The Morgan fingerprint density at radius 2 is 2.12 bits per heavy atom. The van der Waals surface area contributed by atoms with Crippen molar-refractivity contribution >= 4 is 21.8 Å². The van der Waals surface area contributed by atoms with E-state index in [9.17, 15) is 4.79 Å². The summed E-state index contributed by atoms with van der Waals surface area (Å²) in [6.45, 7) is 2.21. The maximum Gasteiger partial charge on any atom is 0.233 e. The minimum absolute atomic E-state index is 0.0529. The third-order valence-corrected chi connectivity index (χ3v) is 2.72. The number of halogens is 1. The molecule has 0 aromatic heterocycles. The second-order valence-electron chi connectivity index (χ2n) is 3.51. The Kier molecular flexibility index (Phi) is 5.28. The molecule has 1 unspecified atom stereocenters. The van der Waals surface area contributed by atoms with Crippen molar-refractivity contribution in [3.8, 4) is 11.5 Å². The first-order valence-electron chi connectivity index (χ1n) is 5.21. The minimum atomic E-state index is -0.202. The number of carbonyl (C=O) groups is 1. The van der Waals surface area contributed by atoms with Crippen molar-refractivity contribution < 1.29 is 14.3 Å². The number of amides is 1. The molecule has 94 valence electrons. The summed E-state index contributed by atoms with van der Waals surface area (Å²) >= 11 is 3.21. The fraction of sp³-hybridized carbons (Fsp3) is 0.417. The number of ether oxygens (including phenoxy) is 2. The van der Waals surface area contributed by atoms with E-state index in [1.165, 1.54) is 0 Å². The predicted octanol–water partition coefficient (Wildman–Crippen LogP) is 2.10. The van der Waals surface area contributed by atoms with Gasteiger partial charge in [-0.1, -0.05) is 15.9 Å². The lowest BCUT2D eigenvalue weighted by Gasteiger charge is -2.11. The summed E-state index contributed by atoms with van der Waals surface area (Å²) in [5.74, 6) is 1.38. The quantitative estimate of drug-likeness (QED) is 0.847. The van der Waals surface area contributed by atoms with E-state index in [4.69, 9.17) is 9.47 Å². The van der Waals surface area contributed by atoms with Crippen LogP contribution in [0.4, 0.5) is 0 Å². The van der Waals surface area contributed by atoms with E-state index in [2.05, 4.69) is 21.2 Å². The molecule has 1 rings (SSSR count). The molecule has 0 bridgehead atoms. The van der Waals surface area contributed by atoms with Crippen LogP contribution in [0.15, 0.2) is 18.2 Å². The third kappa shape index (κ3) is 3.93. The van der Waals surface area contributed by atoms with Crippen LogP contribution in [0.5, 0.6) is 11.5 Å². The van der Waals surface area contributed by atoms with Gasteiger partial charge in [0.1, 0.15) is 11.5 Å². The summed E-state index contributed by atoms with van der Waals surface area (Å²) < 4.78 is 10.3. The maximum absolute atomic E-state index is 11.4. The molecule has 1 atom stereocenters. The number of methoxy groups -OCH3 is 2. The number of carbonyl (C=O) groups excluding carboxylic acids is 1. The number of rotatable bonds is 5. The first-order valence-corrected chi connectivity index (χ1v) is 6.12. The molecular weight excluding hydrogens is 286 g/mol. The van der Waals surface area contributed by atoms with Gasteiger partial charge >= 0.3 is 0 Å². The molecule has 0 aliphatic carbocycles. The molecule has 1 aromatic carbocycles. The zero-order valence-corrected chi connectivity index (χ0v) is 11.7. The molecule has 4 nitrogen and oxygen atoms in total. The van der Waals surface area contributed by atoms with Crippen LogP contribution in [-0.4, -0.2) is 25.0 Å². The Bertz CT molecular complexity index is 393. The fourth-order valence-electron chi connectivity index (χ4n) is 1.32. The van der Waals surface area contributed by atoms with Gasteiger partial charge in [0, 0.05) is 18.2 Å². The first-order chi connectivity index (χ1) is 8.08. The summed E-state index contributed by atoms with van der Waals surface area (Å²) in [4.78, 5) is 11.2. The standard InChI is InChI=1S/C12H16BrNO3/c1-8(13)12(15)14-7-9-4-5-10(16-2)6-11(9)17-3/h4-6,8H,7H2,1-3H3,(H,14,15). The Labute approximate surface area is 109 Å². The number of alkyl halides is 1. The van der Waals surface area contributed by atoms with Crippen molar-refractivity contribution in [1.82, 2.24) is 5.32 Å². The van der Waals surface area contributed by atoms with Crippen molar-refractivity contribution in [3.05, 3.63) is 23.8 Å². The molecule has 0 saturated carbocycles. The lowest BCUT2D eigenvalue weighted by molar-refractivity contribution is -0.120. The molecule has 1 N–H and O–H groups in total. The van der Waals surface area contributed by atoms with Crippen LogP contribution in [0.25, 0.3) is 0 Å². The molecule has 1 aromatic rings. The highest BCUT2D eigenvalue weighted by Crippen LogP contribution is 2.24. The van der Waals surface area contributed by atoms with Crippen molar-refractivity contribution in [3.63, 3.8) is 0 Å². The summed E-state index contributed by atoms with van der Waals surface area (Å²) in [6, 6.07) is 5.50. The van der Waals surface area contributed by atoms with E-state index in [1.54, 1.807) is 27.2 Å². The van der Waals surface area contributed by atoms with E-state index in [1.807, 2.05) is 12.1 Å². The SMILES string of the molecule is COc1ccc(CNC(=O)C(C)Br)c(OC)c1. The molecule has 1 amide bonds. The molecule has 5 heteroatoms. The van der Waals surface area contributed by atoms with Gasteiger partial charge in [-0.3, -0.25) is 4.79 Å². The topological polar surface area (TPSA) is 47.6 Å². The first kappa shape index (κ1) is 13.8. The Morgan fingerprint density at radius 3 is 2.65 bits per heavy atom. The highest BCUT2D eigenvalue weighted by atomic mass is 79.9. The zero-order chi connectivity index (χ0) is 12.8. The summed E-state index contributed by atoms with van der Waals surface area (Å²) in [7, 11) is 3.19. The lowest BCUT2D eigenvalue weighted by Crippen LogP contribution is -2.28. The van der Waals surface area contributed by atoms with Crippen LogP contribution >= 0.6 is 15.9 Å². The number of benzene rings is 1. The molecule has 0 saturated heterocycles. The van der Waals surface area contributed by atoms with Gasteiger partial charge < -0.3 is 14.8 Å². The van der Waals surface area contributed by atoms with Crippen LogP contribution < -0.4 is 14.8 Å².